The number of nitrogens with one attached hydrogen (secondary N) is 3. The number of hydrogen-bond donors (Lipinski definition) is 4. The monoisotopic (exact) mass is 1650 g/mol. The van der Waals surface area contributed by atoms with Gasteiger partial charge in [-0.1, -0.05) is 401 Å². The van der Waals surface area contributed by atoms with Crippen LogP contribution < -0.4 is 79.6 Å². The van der Waals surface area contributed by atoms with E-state index in [9.17, 15) is 23.9 Å². The Morgan fingerprint density at radius 1 is 0.389 bits per heavy atom. The first kappa shape index (κ1) is 84.8. The fourth-order valence-corrected chi connectivity index (χ4v) is 22.9. The summed E-state index contributed by atoms with van der Waals surface area (Å²) in [7, 11) is -1.78. The number of carbonyl (C=O) groups excluding carboxylic acids is 2. The van der Waals surface area contributed by atoms with Gasteiger partial charge in [0, 0.05) is 26.1 Å². The van der Waals surface area contributed by atoms with Crippen molar-refractivity contribution >= 4 is 125 Å². The van der Waals surface area contributed by atoms with Crippen LogP contribution in [0.25, 0.3) is 0 Å². The number of aliphatic carboxylic acids is 1. The standard InChI is InChI=1S/C28H34FN3O4.4C18H15P.Pd/c1-5-9-19-14-17(2)24(18(3)15-19)31-27(36)30-23-16-21(29)12-13-22(23)25(33)32-28(4,26(34)35)20-10-7-6-8-11-20;4*1-4-10-16(11-5-1)19(17-12-6-2-7-13-17)18-14-8-3-9-15-18;/h5,12-16,20H,1,6-11H2,2-4H3,(H,32,33)(H,34,35)(H2,30,31,36);4*1-15H;/t28-;;;;;/m1...../s1. The summed E-state index contributed by atoms with van der Waals surface area (Å²) in [4.78, 5) is 38.2. The largest absolute Gasteiger partial charge is 0.480 e. The molecule has 0 aromatic heterocycles. The molecule has 0 spiro atoms. The minimum atomic E-state index is -1.48. The number of halogens is 1. The van der Waals surface area contributed by atoms with Crippen LogP contribution in [0, 0.1) is 25.6 Å². The summed E-state index contributed by atoms with van der Waals surface area (Å²) >= 11 is 0. The normalized spacial score (nSPS) is 12.0. The van der Waals surface area contributed by atoms with Gasteiger partial charge in [0.15, 0.2) is 0 Å². The molecule has 0 radical (unpaired) electrons. The summed E-state index contributed by atoms with van der Waals surface area (Å²) in [6.45, 7) is 8.99. The van der Waals surface area contributed by atoms with Crippen LogP contribution in [0.4, 0.5) is 20.6 Å². The molecule has 1 saturated carbocycles. The van der Waals surface area contributed by atoms with E-state index < -0.39 is 61.0 Å². The number of hydrogen-bond acceptors (Lipinski definition) is 3. The number of carbonyl (C=O) groups is 3. The Hall–Kier alpha value is -10.7. The molecule has 3 amide bonds. The molecule has 570 valence electrons. The van der Waals surface area contributed by atoms with Gasteiger partial charge in [0.25, 0.3) is 5.91 Å². The topological polar surface area (TPSA) is 108 Å². The van der Waals surface area contributed by atoms with E-state index in [1.165, 1.54) is 76.6 Å². The summed E-state index contributed by atoms with van der Waals surface area (Å²) in [5, 5.41) is 34.7. The Morgan fingerprint density at radius 2 is 0.637 bits per heavy atom. The molecule has 14 aromatic carbocycles. The van der Waals surface area contributed by atoms with Gasteiger partial charge in [-0.15, -0.1) is 6.58 Å². The molecule has 15 rings (SSSR count). The predicted octanol–water partition coefficient (Wildman–Crippen LogP) is 19.7. The first-order chi connectivity index (χ1) is 54.8. The second kappa shape index (κ2) is 44.5. The molecule has 0 bridgehead atoms. The van der Waals surface area contributed by atoms with Crippen LogP contribution in [0.15, 0.2) is 407 Å². The first-order valence-electron chi connectivity index (χ1n) is 37.8. The van der Waals surface area contributed by atoms with Crippen LogP contribution in [0.5, 0.6) is 0 Å². The van der Waals surface area contributed by atoms with Gasteiger partial charge in [0.2, 0.25) is 0 Å². The molecule has 0 unspecified atom stereocenters. The van der Waals surface area contributed by atoms with Gasteiger partial charge in [-0.25, -0.2) is 14.0 Å². The van der Waals surface area contributed by atoms with Crippen molar-refractivity contribution in [2.75, 3.05) is 10.6 Å². The maximum Gasteiger partial charge on any atom is 0.329 e. The van der Waals surface area contributed by atoms with E-state index in [4.69, 9.17) is 0 Å². The molecule has 0 heterocycles. The summed E-state index contributed by atoms with van der Waals surface area (Å²) in [5.41, 5.74) is 1.82. The third-order valence-electron chi connectivity index (χ3n) is 19.1. The Labute approximate surface area is 685 Å². The fourth-order valence-electron chi connectivity index (χ4n) is 13.6. The van der Waals surface area contributed by atoms with Crippen molar-refractivity contribution in [1.29, 1.82) is 0 Å². The van der Waals surface area contributed by atoms with Gasteiger partial charge in [0.1, 0.15) is 11.4 Å². The second-order valence-electron chi connectivity index (χ2n) is 27.0. The van der Waals surface area contributed by atoms with Crippen molar-refractivity contribution in [3.63, 3.8) is 0 Å². The molecule has 0 aliphatic heterocycles. The molecule has 4 N–H and O–H groups in total. The summed E-state index contributed by atoms with van der Waals surface area (Å²) in [6.07, 6.45) is 6.74. The molecule has 1 atom stereocenters. The number of rotatable bonds is 20. The van der Waals surface area contributed by atoms with Crippen LogP contribution in [0.1, 0.15) is 66.1 Å². The smallest absolute Gasteiger partial charge is 0.329 e. The molecule has 1 aliphatic carbocycles. The average Bonchev–Trinajstić information content (AvgIpc) is 0.801. The van der Waals surface area contributed by atoms with E-state index in [0.717, 1.165) is 48.1 Å². The van der Waals surface area contributed by atoms with E-state index in [1.807, 2.05) is 26.0 Å². The van der Waals surface area contributed by atoms with Gasteiger partial charge in [-0.05, 0) is 176 Å². The summed E-state index contributed by atoms with van der Waals surface area (Å²) in [6, 6.07) is 136. The van der Waals surface area contributed by atoms with E-state index in [1.54, 1.807) is 6.08 Å². The zero-order valence-corrected chi connectivity index (χ0v) is 68.9. The zero-order valence-electron chi connectivity index (χ0n) is 63.8. The molecule has 13 heteroatoms. The van der Waals surface area contributed by atoms with Crippen molar-refractivity contribution in [3.05, 3.63) is 435 Å². The third-order valence-corrected chi connectivity index (χ3v) is 28.9. The molecule has 1 aliphatic rings. The van der Waals surface area contributed by atoms with E-state index in [2.05, 4.69) is 387 Å². The molecule has 1 fully saturated rings. The van der Waals surface area contributed by atoms with Crippen molar-refractivity contribution in [1.82, 2.24) is 5.32 Å². The second-order valence-corrected chi connectivity index (χ2v) is 35.9. The van der Waals surface area contributed by atoms with Crippen LogP contribution in [-0.4, -0.2) is 28.6 Å². The van der Waals surface area contributed by atoms with Crippen molar-refractivity contribution < 1.29 is 44.3 Å². The molecular formula is C100H94FN3O4P4Pd. The minimum Gasteiger partial charge on any atom is -0.480 e. The van der Waals surface area contributed by atoms with Crippen LogP contribution >= 0.6 is 31.7 Å². The Morgan fingerprint density at radius 3 is 0.867 bits per heavy atom. The zero-order chi connectivity index (χ0) is 78.1. The quantitative estimate of drug-likeness (QED) is 0.0346. The van der Waals surface area contributed by atoms with Crippen LogP contribution in [0.3, 0.4) is 0 Å². The fraction of sp³-hybridized carbons (Fsp3) is 0.110. The van der Waals surface area contributed by atoms with E-state index in [-0.39, 0.29) is 37.6 Å². The number of urea groups is 1. The van der Waals surface area contributed by atoms with Crippen LogP contribution in [0.2, 0.25) is 0 Å². The maximum atomic E-state index is 14.1. The maximum absolute atomic E-state index is 14.1. The summed E-state index contributed by atoms with van der Waals surface area (Å²) < 4.78 is 14.1. The number of carboxylic acid groups (broad SMARTS) is 1. The summed E-state index contributed by atoms with van der Waals surface area (Å²) in [5.74, 6) is -2.68. The molecular weight excluding hydrogens is 1560 g/mol. The molecule has 7 nitrogen and oxygen atoms in total. The Bertz CT molecular complexity index is 4300. The minimum absolute atomic E-state index is 0. The Balaban J connectivity index is 0.000000154. The van der Waals surface area contributed by atoms with Crippen molar-refractivity contribution in [2.45, 2.75) is 64.8 Å². The number of aryl methyl sites for hydroxylation is 2. The number of anilines is 2. The van der Waals surface area contributed by atoms with Gasteiger partial charge < -0.3 is 21.1 Å². The predicted molar refractivity (Wildman–Crippen MR) is 480 cm³/mol. The molecule has 0 saturated heterocycles. The van der Waals surface area contributed by atoms with E-state index >= 15 is 0 Å². The van der Waals surface area contributed by atoms with Gasteiger partial charge >= 0.3 is 12.0 Å². The van der Waals surface area contributed by atoms with Gasteiger partial charge in [0.05, 0.1) is 11.3 Å². The third kappa shape index (κ3) is 24.4. The average molecular weight is 1650 g/mol. The SMILES string of the molecule is C=CCc1cc(C)c(NC(=O)Nc2cc(F)ccc2C(=O)N[C@@](C)(C(=O)O)C2CCCCC2)c(C)c1.[Pd].c1ccc(P(c2ccccc2)c2ccccc2)cc1.c1ccc(P(c2ccccc2)c2ccccc2)cc1.c1ccc(P(c2ccccc2)c2ccccc2)cc1.c1ccc(P(c2ccccc2)c2ccccc2)cc1. The Kier molecular flexibility index (Phi) is 33.4. The van der Waals surface area contributed by atoms with Crippen LogP contribution in [-0.2, 0) is 31.6 Å². The number of carboxylic acids is 1. The van der Waals surface area contributed by atoms with Crippen molar-refractivity contribution in [2.24, 2.45) is 5.92 Å². The number of benzene rings is 14. The number of allylic oxidation sites excluding steroid dienone is 1. The number of amides is 3. The van der Waals surface area contributed by atoms with Gasteiger partial charge in [-0.2, -0.15) is 0 Å². The van der Waals surface area contributed by atoms with E-state index in [0.29, 0.717) is 24.9 Å². The first-order valence-corrected chi connectivity index (χ1v) is 43.2. The molecule has 14 aromatic rings. The van der Waals surface area contributed by atoms with Crippen molar-refractivity contribution in [3.8, 4) is 0 Å². The molecule has 113 heavy (non-hydrogen) atoms. The van der Waals surface area contributed by atoms with Gasteiger partial charge in [-0.3, -0.25) is 4.79 Å².